The van der Waals surface area contributed by atoms with Crippen LogP contribution in [-0.4, -0.2) is 26.4 Å². The lowest BCUT2D eigenvalue weighted by Gasteiger charge is -2.30. The summed E-state index contributed by atoms with van der Waals surface area (Å²) in [6.07, 6.45) is 1.67. The number of carbonyl (C=O) groups excluding carboxylic acids is 1. The quantitative estimate of drug-likeness (QED) is 0.429. The zero-order valence-corrected chi connectivity index (χ0v) is 16.9. The second-order valence-electron chi connectivity index (χ2n) is 6.37. The molecule has 0 bridgehead atoms. The summed E-state index contributed by atoms with van der Waals surface area (Å²) >= 11 is 3.08. The van der Waals surface area contributed by atoms with Gasteiger partial charge in [0, 0.05) is 15.5 Å². The Hall–Kier alpha value is -3.03. The Kier molecular flexibility index (Phi) is 4.83. The highest BCUT2D eigenvalue weighted by Gasteiger charge is 2.28. The van der Waals surface area contributed by atoms with Gasteiger partial charge < -0.3 is 0 Å². The highest BCUT2D eigenvalue weighted by atomic mass is 32.2. The molecule has 0 fully saturated rings. The Morgan fingerprint density at radius 2 is 1.48 bits per heavy atom. The third-order valence-electron chi connectivity index (χ3n) is 4.56. The van der Waals surface area contributed by atoms with Crippen LogP contribution in [0.15, 0.2) is 100 Å². The fraction of sp³-hybridized carbons (Fsp3) is 0.0455. The maximum atomic E-state index is 13.3. The molecule has 0 spiro atoms. The number of hydrogen-bond donors (Lipinski definition) is 0. The highest BCUT2D eigenvalue weighted by molar-refractivity contribution is 8.00. The van der Waals surface area contributed by atoms with Gasteiger partial charge in [-0.25, -0.2) is 0 Å². The summed E-state index contributed by atoms with van der Waals surface area (Å²) in [6, 6.07) is 25.9. The maximum absolute atomic E-state index is 13.3. The largest absolute Gasteiger partial charge is 0.278 e. The van der Waals surface area contributed by atoms with Gasteiger partial charge in [0.05, 0.1) is 17.1 Å². The van der Waals surface area contributed by atoms with Crippen molar-refractivity contribution in [1.29, 1.82) is 0 Å². The molecule has 3 aromatic carbocycles. The third-order valence-corrected chi connectivity index (χ3v) is 6.62. The Morgan fingerprint density at radius 1 is 0.862 bits per heavy atom. The fourth-order valence-corrected chi connectivity index (χ4v) is 5.09. The smallest absolute Gasteiger partial charge is 0.242 e. The van der Waals surface area contributed by atoms with Crippen LogP contribution in [0.1, 0.15) is 0 Å². The molecular formula is C22H16N4OS2. The summed E-state index contributed by atoms with van der Waals surface area (Å²) in [5.41, 5.74) is 2.81. The number of nitrogens with zero attached hydrogens (tertiary/aromatic N) is 4. The van der Waals surface area contributed by atoms with Gasteiger partial charge in [0.1, 0.15) is 6.33 Å². The Labute approximate surface area is 176 Å². The van der Waals surface area contributed by atoms with Gasteiger partial charge in [0.25, 0.3) is 0 Å². The molecule has 142 valence electrons. The van der Waals surface area contributed by atoms with Crippen LogP contribution in [-0.2, 0) is 4.79 Å². The van der Waals surface area contributed by atoms with Crippen molar-refractivity contribution in [2.45, 2.75) is 14.9 Å². The van der Waals surface area contributed by atoms with Crippen molar-refractivity contribution in [1.82, 2.24) is 14.8 Å². The molecule has 5 rings (SSSR count). The molecule has 0 aliphatic carbocycles. The van der Waals surface area contributed by atoms with E-state index in [1.807, 2.05) is 76.2 Å². The Balaban J connectivity index is 1.42. The van der Waals surface area contributed by atoms with Crippen molar-refractivity contribution < 1.29 is 4.79 Å². The second kappa shape index (κ2) is 7.77. The van der Waals surface area contributed by atoms with E-state index in [9.17, 15) is 4.79 Å². The van der Waals surface area contributed by atoms with E-state index >= 15 is 0 Å². The molecule has 0 saturated carbocycles. The molecular weight excluding hydrogens is 400 g/mol. The fourth-order valence-electron chi connectivity index (χ4n) is 3.25. The first kappa shape index (κ1) is 18.0. The number of fused-ring (bicyclic) bond motifs is 2. The van der Waals surface area contributed by atoms with E-state index in [0.29, 0.717) is 5.16 Å². The lowest BCUT2D eigenvalue weighted by molar-refractivity contribution is -0.115. The number of aromatic nitrogens is 3. The normalized spacial score (nSPS) is 12.3. The number of anilines is 2. The van der Waals surface area contributed by atoms with E-state index in [4.69, 9.17) is 0 Å². The molecule has 0 saturated heterocycles. The monoisotopic (exact) mass is 416 g/mol. The zero-order chi connectivity index (χ0) is 19.6. The molecule has 0 unspecified atom stereocenters. The van der Waals surface area contributed by atoms with Gasteiger partial charge >= 0.3 is 0 Å². The van der Waals surface area contributed by atoms with Crippen LogP contribution in [0.25, 0.3) is 5.69 Å². The second-order valence-corrected chi connectivity index (χ2v) is 8.40. The van der Waals surface area contributed by atoms with Crippen LogP contribution in [0.3, 0.4) is 0 Å². The van der Waals surface area contributed by atoms with E-state index in [1.54, 1.807) is 18.1 Å². The van der Waals surface area contributed by atoms with Crippen LogP contribution in [0, 0.1) is 0 Å². The minimum Gasteiger partial charge on any atom is -0.278 e. The minimum absolute atomic E-state index is 0.0119. The van der Waals surface area contributed by atoms with Crippen molar-refractivity contribution in [2.24, 2.45) is 0 Å². The average molecular weight is 417 g/mol. The van der Waals surface area contributed by atoms with E-state index < -0.39 is 0 Å². The van der Waals surface area contributed by atoms with Gasteiger partial charge in [-0.2, -0.15) is 0 Å². The van der Waals surface area contributed by atoms with E-state index in [1.165, 1.54) is 11.8 Å². The molecule has 2 heterocycles. The summed E-state index contributed by atoms with van der Waals surface area (Å²) in [4.78, 5) is 17.3. The molecule has 1 amide bonds. The number of para-hydroxylation sites is 3. The highest BCUT2D eigenvalue weighted by Crippen LogP contribution is 2.48. The SMILES string of the molecule is O=C(CSc1nncn1-c1ccccc1)N1c2ccccc2Sc2ccccc21. The summed E-state index contributed by atoms with van der Waals surface area (Å²) in [5, 5.41) is 8.92. The predicted molar refractivity (Wildman–Crippen MR) is 116 cm³/mol. The Morgan fingerprint density at radius 3 is 2.17 bits per heavy atom. The van der Waals surface area contributed by atoms with Crippen LogP contribution >= 0.6 is 23.5 Å². The summed E-state index contributed by atoms with van der Waals surface area (Å²) in [7, 11) is 0. The number of hydrogen-bond acceptors (Lipinski definition) is 5. The van der Waals surface area contributed by atoms with Gasteiger partial charge in [-0.3, -0.25) is 14.3 Å². The van der Waals surface area contributed by atoms with Crippen molar-refractivity contribution >= 4 is 40.8 Å². The van der Waals surface area contributed by atoms with E-state index in [2.05, 4.69) is 22.3 Å². The van der Waals surface area contributed by atoms with Crippen molar-refractivity contribution in [3.63, 3.8) is 0 Å². The molecule has 1 aromatic heterocycles. The zero-order valence-electron chi connectivity index (χ0n) is 15.3. The molecule has 0 atom stereocenters. The van der Waals surface area contributed by atoms with Crippen molar-refractivity contribution in [2.75, 3.05) is 10.7 Å². The van der Waals surface area contributed by atoms with Crippen molar-refractivity contribution in [3.05, 3.63) is 85.2 Å². The molecule has 5 nitrogen and oxygen atoms in total. The lowest BCUT2D eigenvalue weighted by Crippen LogP contribution is -2.30. The summed E-state index contributed by atoms with van der Waals surface area (Å²) < 4.78 is 1.89. The standard InChI is InChI=1S/C22H16N4OS2/c27-21(14-28-22-24-23-15-25(22)16-8-2-1-3-9-16)26-17-10-4-6-12-19(17)29-20-13-7-5-11-18(20)26/h1-13,15H,14H2. The molecule has 1 aliphatic heterocycles. The van der Waals surface area contributed by atoms with Gasteiger partial charge in [0.2, 0.25) is 5.91 Å². The van der Waals surface area contributed by atoms with Crippen LogP contribution in [0.2, 0.25) is 0 Å². The van der Waals surface area contributed by atoms with Gasteiger partial charge in [-0.05, 0) is 36.4 Å². The van der Waals surface area contributed by atoms with Gasteiger partial charge in [-0.15, -0.1) is 10.2 Å². The van der Waals surface area contributed by atoms with Crippen molar-refractivity contribution in [3.8, 4) is 5.69 Å². The number of amides is 1. The Bertz CT molecular complexity index is 1130. The van der Waals surface area contributed by atoms with E-state index in [0.717, 1.165) is 26.9 Å². The predicted octanol–water partition coefficient (Wildman–Crippen LogP) is 5.19. The molecule has 7 heteroatoms. The van der Waals surface area contributed by atoms with Gasteiger partial charge in [0.15, 0.2) is 5.16 Å². The van der Waals surface area contributed by atoms with Crippen LogP contribution in [0.5, 0.6) is 0 Å². The first-order chi connectivity index (χ1) is 14.3. The lowest BCUT2D eigenvalue weighted by atomic mass is 10.2. The summed E-state index contributed by atoms with van der Waals surface area (Å²) in [6.45, 7) is 0. The molecule has 0 N–H and O–H groups in total. The topological polar surface area (TPSA) is 51.0 Å². The minimum atomic E-state index is 0.0119. The number of thioether (sulfide) groups is 1. The van der Waals surface area contributed by atoms with Gasteiger partial charge in [-0.1, -0.05) is 66.0 Å². The van der Waals surface area contributed by atoms with Crippen LogP contribution in [0.4, 0.5) is 11.4 Å². The number of carbonyl (C=O) groups is 1. The van der Waals surface area contributed by atoms with Crippen LogP contribution < -0.4 is 4.90 Å². The summed E-state index contributed by atoms with van der Waals surface area (Å²) in [5.74, 6) is 0.275. The first-order valence-electron chi connectivity index (χ1n) is 9.08. The molecule has 29 heavy (non-hydrogen) atoms. The third kappa shape index (κ3) is 3.43. The number of rotatable bonds is 4. The number of benzene rings is 3. The molecule has 0 radical (unpaired) electrons. The maximum Gasteiger partial charge on any atom is 0.242 e. The first-order valence-corrected chi connectivity index (χ1v) is 10.9. The average Bonchev–Trinajstić information content (AvgIpc) is 3.25. The molecule has 1 aliphatic rings. The van der Waals surface area contributed by atoms with E-state index in [-0.39, 0.29) is 11.7 Å². The molecule has 4 aromatic rings.